The summed E-state index contributed by atoms with van der Waals surface area (Å²) in [6, 6.07) is 6.25. The third-order valence-electron chi connectivity index (χ3n) is 3.95. The smallest absolute Gasteiger partial charge is 0.133 e. The zero-order chi connectivity index (χ0) is 13.6. The number of nitrogens with zero attached hydrogens (tertiary/aromatic N) is 2. The maximum Gasteiger partial charge on any atom is 0.133 e. The minimum absolute atomic E-state index is 0.540. The van der Waals surface area contributed by atoms with Crippen LogP contribution in [-0.2, 0) is 18.6 Å². The monoisotopic (exact) mass is 276 g/mol. The molecule has 0 bridgehead atoms. The first-order valence-electron chi connectivity index (χ1n) is 6.60. The molecule has 100 valence electrons. The second-order valence-corrected chi connectivity index (χ2v) is 5.58. The molecule has 1 unspecified atom stereocenters. The van der Waals surface area contributed by atoms with Gasteiger partial charge < -0.3 is 5.11 Å². The van der Waals surface area contributed by atoms with E-state index < -0.39 is 5.60 Å². The molecular weight excluding hydrogens is 260 g/mol. The quantitative estimate of drug-likeness (QED) is 0.915. The van der Waals surface area contributed by atoms with Gasteiger partial charge >= 0.3 is 0 Å². The van der Waals surface area contributed by atoms with Crippen molar-refractivity contribution in [1.82, 2.24) is 9.78 Å². The van der Waals surface area contributed by atoms with Crippen LogP contribution < -0.4 is 0 Å². The fourth-order valence-electron chi connectivity index (χ4n) is 3.00. The van der Waals surface area contributed by atoms with Gasteiger partial charge in [-0.15, -0.1) is 0 Å². The normalized spacial score (nSPS) is 21.7. The third-order valence-corrected chi connectivity index (χ3v) is 4.23. The standard InChI is InChI=1S/C15H17ClN2O/c1-3-18-14(13(16)9-17-18)15(19)7-6-11-5-4-10(2)8-12(11)15/h4-5,8-9,19H,3,6-7H2,1-2H3. The van der Waals surface area contributed by atoms with E-state index in [0.29, 0.717) is 18.0 Å². The molecule has 1 aliphatic carbocycles. The Morgan fingerprint density at radius 3 is 3.00 bits per heavy atom. The highest BCUT2D eigenvalue weighted by Crippen LogP contribution is 2.44. The van der Waals surface area contributed by atoms with E-state index in [2.05, 4.69) is 23.3 Å². The van der Waals surface area contributed by atoms with E-state index in [1.807, 2.05) is 13.8 Å². The Bertz CT molecular complexity index is 635. The fraction of sp³-hybridized carbons (Fsp3) is 0.400. The van der Waals surface area contributed by atoms with E-state index in [1.165, 1.54) is 5.56 Å². The van der Waals surface area contributed by atoms with Crippen molar-refractivity contribution < 1.29 is 5.11 Å². The van der Waals surface area contributed by atoms with Gasteiger partial charge in [0.2, 0.25) is 0 Å². The molecule has 2 aromatic rings. The Labute approximate surface area is 117 Å². The number of aliphatic hydroxyl groups is 1. The van der Waals surface area contributed by atoms with E-state index in [1.54, 1.807) is 10.9 Å². The number of hydrogen-bond donors (Lipinski definition) is 1. The molecule has 0 radical (unpaired) electrons. The number of halogens is 1. The average molecular weight is 277 g/mol. The summed E-state index contributed by atoms with van der Waals surface area (Å²) in [7, 11) is 0. The Morgan fingerprint density at radius 1 is 1.47 bits per heavy atom. The van der Waals surface area contributed by atoms with Crippen molar-refractivity contribution in [3.05, 3.63) is 51.8 Å². The first-order valence-corrected chi connectivity index (χ1v) is 6.98. The molecule has 0 amide bonds. The van der Waals surface area contributed by atoms with Crippen LogP contribution in [0.2, 0.25) is 5.02 Å². The molecule has 19 heavy (non-hydrogen) atoms. The van der Waals surface area contributed by atoms with Crippen molar-refractivity contribution in [1.29, 1.82) is 0 Å². The molecule has 0 saturated heterocycles. The molecular formula is C15H17ClN2O. The molecule has 0 fully saturated rings. The summed E-state index contributed by atoms with van der Waals surface area (Å²) in [4.78, 5) is 0. The van der Waals surface area contributed by atoms with Crippen molar-refractivity contribution >= 4 is 11.6 Å². The molecule has 1 aliphatic rings. The molecule has 1 atom stereocenters. The number of fused-ring (bicyclic) bond motifs is 1. The van der Waals surface area contributed by atoms with Gasteiger partial charge in [-0.25, -0.2) is 0 Å². The van der Waals surface area contributed by atoms with Gasteiger partial charge in [0.1, 0.15) is 5.60 Å². The third kappa shape index (κ3) is 1.80. The topological polar surface area (TPSA) is 38.0 Å². The van der Waals surface area contributed by atoms with Gasteiger partial charge in [-0.1, -0.05) is 35.4 Å². The number of hydrogen-bond acceptors (Lipinski definition) is 2. The van der Waals surface area contributed by atoms with Crippen LogP contribution in [0.4, 0.5) is 0 Å². The molecule has 3 rings (SSSR count). The van der Waals surface area contributed by atoms with Crippen LogP contribution in [0.3, 0.4) is 0 Å². The molecule has 1 heterocycles. The lowest BCUT2D eigenvalue weighted by molar-refractivity contribution is 0.0730. The molecule has 1 N–H and O–H groups in total. The predicted molar refractivity (Wildman–Crippen MR) is 75.4 cm³/mol. The first kappa shape index (κ1) is 12.7. The Balaban J connectivity index is 2.21. The van der Waals surface area contributed by atoms with E-state index in [-0.39, 0.29) is 0 Å². The Hall–Kier alpha value is -1.32. The van der Waals surface area contributed by atoms with Crippen LogP contribution in [0, 0.1) is 6.92 Å². The number of benzene rings is 1. The molecule has 1 aromatic heterocycles. The molecule has 0 spiro atoms. The molecule has 4 heteroatoms. The lowest BCUT2D eigenvalue weighted by atomic mass is 9.91. The maximum absolute atomic E-state index is 11.2. The van der Waals surface area contributed by atoms with Gasteiger partial charge in [0.15, 0.2) is 0 Å². The van der Waals surface area contributed by atoms with Crippen LogP contribution >= 0.6 is 11.6 Å². The number of aryl methyl sites for hydroxylation is 3. The summed E-state index contributed by atoms with van der Waals surface area (Å²) in [6.45, 7) is 4.74. The number of rotatable bonds is 2. The zero-order valence-corrected chi connectivity index (χ0v) is 11.9. The number of aromatic nitrogens is 2. The minimum atomic E-state index is -1.01. The largest absolute Gasteiger partial charge is 0.379 e. The lowest BCUT2D eigenvalue weighted by Gasteiger charge is -2.26. The van der Waals surface area contributed by atoms with Crippen molar-refractivity contribution in [2.75, 3.05) is 0 Å². The van der Waals surface area contributed by atoms with Gasteiger partial charge in [0.05, 0.1) is 16.9 Å². The minimum Gasteiger partial charge on any atom is -0.379 e. The second kappa shape index (κ2) is 4.36. The molecule has 1 aromatic carbocycles. The summed E-state index contributed by atoms with van der Waals surface area (Å²) < 4.78 is 1.79. The van der Waals surface area contributed by atoms with E-state index in [9.17, 15) is 5.11 Å². The summed E-state index contributed by atoms with van der Waals surface area (Å²) in [5.74, 6) is 0. The Morgan fingerprint density at radius 2 is 2.26 bits per heavy atom. The van der Waals surface area contributed by atoms with Gasteiger partial charge in [-0.3, -0.25) is 4.68 Å². The van der Waals surface area contributed by atoms with Crippen LogP contribution in [0.5, 0.6) is 0 Å². The first-order chi connectivity index (χ1) is 9.06. The maximum atomic E-state index is 11.2. The molecule has 0 saturated carbocycles. The van der Waals surface area contributed by atoms with Gasteiger partial charge in [-0.2, -0.15) is 5.10 Å². The van der Waals surface area contributed by atoms with Crippen molar-refractivity contribution in [2.45, 2.75) is 38.8 Å². The fourth-order valence-corrected chi connectivity index (χ4v) is 3.30. The van der Waals surface area contributed by atoms with Crippen LogP contribution in [0.15, 0.2) is 24.4 Å². The Kier molecular flexibility index (Phi) is 2.91. The summed E-state index contributed by atoms with van der Waals surface area (Å²) in [5.41, 5.74) is 3.04. The van der Waals surface area contributed by atoms with Crippen LogP contribution in [0.1, 0.15) is 35.7 Å². The highest BCUT2D eigenvalue weighted by atomic mass is 35.5. The average Bonchev–Trinajstić information content (AvgIpc) is 2.92. The SMILES string of the molecule is CCn1ncc(Cl)c1C1(O)CCc2ccc(C)cc21. The van der Waals surface area contributed by atoms with E-state index in [4.69, 9.17) is 11.6 Å². The van der Waals surface area contributed by atoms with Gasteiger partial charge in [0.25, 0.3) is 0 Å². The summed E-state index contributed by atoms with van der Waals surface area (Å²) in [5, 5.41) is 16.0. The van der Waals surface area contributed by atoms with Crippen LogP contribution in [0.25, 0.3) is 0 Å². The molecule has 0 aliphatic heterocycles. The summed E-state index contributed by atoms with van der Waals surface area (Å²) >= 11 is 6.26. The van der Waals surface area contributed by atoms with Crippen molar-refractivity contribution in [3.63, 3.8) is 0 Å². The van der Waals surface area contributed by atoms with E-state index >= 15 is 0 Å². The highest BCUT2D eigenvalue weighted by molar-refractivity contribution is 6.31. The predicted octanol–water partition coefficient (Wildman–Crippen LogP) is 3.05. The van der Waals surface area contributed by atoms with Crippen LogP contribution in [-0.4, -0.2) is 14.9 Å². The van der Waals surface area contributed by atoms with E-state index in [0.717, 1.165) is 23.2 Å². The van der Waals surface area contributed by atoms with Crippen molar-refractivity contribution in [3.8, 4) is 0 Å². The van der Waals surface area contributed by atoms with Gasteiger partial charge in [0, 0.05) is 6.54 Å². The van der Waals surface area contributed by atoms with Gasteiger partial charge in [-0.05, 0) is 37.8 Å². The second-order valence-electron chi connectivity index (χ2n) is 5.18. The summed E-state index contributed by atoms with van der Waals surface area (Å²) in [6.07, 6.45) is 3.15. The zero-order valence-electron chi connectivity index (χ0n) is 11.2. The van der Waals surface area contributed by atoms with Crippen molar-refractivity contribution in [2.24, 2.45) is 0 Å². The highest BCUT2D eigenvalue weighted by Gasteiger charge is 2.42. The lowest BCUT2D eigenvalue weighted by Crippen LogP contribution is -2.28. The molecule has 3 nitrogen and oxygen atoms in total.